The van der Waals surface area contributed by atoms with E-state index in [2.05, 4.69) is 10.1 Å². The fourth-order valence-corrected chi connectivity index (χ4v) is 2.10. The third-order valence-corrected chi connectivity index (χ3v) is 2.79. The van der Waals surface area contributed by atoms with Gasteiger partial charge in [-0.3, -0.25) is 0 Å². The van der Waals surface area contributed by atoms with Gasteiger partial charge < -0.3 is 10.3 Å². The molecule has 74 valence electrons. The average molecular weight is 209 g/mol. The SMILES string of the molecule is Cc1nc(-c2cc(CN)no2)c(C)s1. The third kappa shape index (κ3) is 1.56. The van der Waals surface area contributed by atoms with E-state index in [1.807, 2.05) is 19.9 Å². The van der Waals surface area contributed by atoms with Gasteiger partial charge in [-0.2, -0.15) is 0 Å². The molecule has 0 bridgehead atoms. The lowest BCUT2D eigenvalue weighted by Crippen LogP contribution is -1.94. The van der Waals surface area contributed by atoms with Gasteiger partial charge in [0, 0.05) is 17.5 Å². The van der Waals surface area contributed by atoms with E-state index in [0.29, 0.717) is 12.3 Å². The summed E-state index contributed by atoms with van der Waals surface area (Å²) in [6.07, 6.45) is 0. The molecule has 0 unspecified atom stereocenters. The maximum absolute atomic E-state index is 5.44. The van der Waals surface area contributed by atoms with Crippen LogP contribution in [0.3, 0.4) is 0 Å². The van der Waals surface area contributed by atoms with E-state index in [0.717, 1.165) is 21.3 Å². The number of nitrogens with two attached hydrogens (primary N) is 1. The molecule has 0 aliphatic heterocycles. The number of hydrogen-bond acceptors (Lipinski definition) is 5. The molecule has 0 aliphatic rings. The molecule has 4 nitrogen and oxygen atoms in total. The lowest BCUT2D eigenvalue weighted by atomic mass is 10.3. The number of aryl methyl sites for hydroxylation is 2. The highest BCUT2D eigenvalue weighted by Crippen LogP contribution is 2.27. The monoisotopic (exact) mass is 209 g/mol. The van der Waals surface area contributed by atoms with Gasteiger partial charge in [-0.1, -0.05) is 5.16 Å². The van der Waals surface area contributed by atoms with E-state index >= 15 is 0 Å². The van der Waals surface area contributed by atoms with Crippen LogP contribution in [0.4, 0.5) is 0 Å². The van der Waals surface area contributed by atoms with E-state index < -0.39 is 0 Å². The van der Waals surface area contributed by atoms with Crippen LogP contribution in [0.25, 0.3) is 11.5 Å². The van der Waals surface area contributed by atoms with Crippen LogP contribution in [0.2, 0.25) is 0 Å². The maximum Gasteiger partial charge on any atom is 0.186 e. The standard InChI is InChI=1S/C9H11N3OS/c1-5-9(11-6(2)14-5)8-3-7(4-10)12-13-8/h3H,4,10H2,1-2H3. The van der Waals surface area contributed by atoms with Gasteiger partial charge in [0.1, 0.15) is 5.69 Å². The van der Waals surface area contributed by atoms with Gasteiger partial charge in [0.2, 0.25) is 0 Å². The number of aromatic nitrogens is 2. The Morgan fingerprint density at radius 2 is 2.29 bits per heavy atom. The molecule has 0 saturated carbocycles. The first-order valence-electron chi connectivity index (χ1n) is 4.30. The Labute approximate surface area is 85.7 Å². The van der Waals surface area contributed by atoms with Crippen molar-refractivity contribution in [1.29, 1.82) is 0 Å². The van der Waals surface area contributed by atoms with Crippen LogP contribution < -0.4 is 5.73 Å². The molecule has 14 heavy (non-hydrogen) atoms. The summed E-state index contributed by atoms with van der Waals surface area (Å²) in [6, 6.07) is 1.83. The van der Waals surface area contributed by atoms with Gasteiger partial charge in [0.05, 0.1) is 10.7 Å². The van der Waals surface area contributed by atoms with E-state index in [9.17, 15) is 0 Å². The molecule has 2 heterocycles. The van der Waals surface area contributed by atoms with Crippen molar-refractivity contribution in [3.05, 3.63) is 21.6 Å². The van der Waals surface area contributed by atoms with Crippen molar-refractivity contribution in [2.75, 3.05) is 0 Å². The van der Waals surface area contributed by atoms with Gasteiger partial charge in [-0.05, 0) is 13.8 Å². The maximum atomic E-state index is 5.44. The first kappa shape index (κ1) is 9.36. The van der Waals surface area contributed by atoms with E-state index in [1.54, 1.807) is 11.3 Å². The molecule has 0 aromatic carbocycles. The highest BCUT2D eigenvalue weighted by atomic mass is 32.1. The van der Waals surface area contributed by atoms with Crippen molar-refractivity contribution in [2.45, 2.75) is 20.4 Å². The number of nitrogens with zero attached hydrogens (tertiary/aromatic N) is 2. The quantitative estimate of drug-likeness (QED) is 0.820. The average Bonchev–Trinajstić information content (AvgIpc) is 2.71. The Kier molecular flexibility index (Phi) is 2.35. The van der Waals surface area contributed by atoms with Crippen molar-refractivity contribution < 1.29 is 4.52 Å². The lowest BCUT2D eigenvalue weighted by molar-refractivity contribution is 0.422. The molecular formula is C9H11N3OS. The highest BCUT2D eigenvalue weighted by Gasteiger charge is 2.12. The van der Waals surface area contributed by atoms with Crippen molar-refractivity contribution in [1.82, 2.24) is 10.1 Å². The summed E-state index contributed by atoms with van der Waals surface area (Å²) in [5.41, 5.74) is 7.07. The topological polar surface area (TPSA) is 64.9 Å². The van der Waals surface area contributed by atoms with Crippen molar-refractivity contribution in [3.8, 4) is 11.5 Å². The zero-order chi connectivity index (χ0) is 10.1. The number of thiazole rings is 1. The van der Waals surface area contributed by atoms with Gasteiger partial charge >= 0.3 is 0 Å². The first-order chi connectivity index (χ1) is 6.70. The molecule has 0 atom stereocenters. The molecule has 2 aromatic heterocycles. The molecule has 0 saturated heterocycles. The van der Waals surface area contributed by atoms with Crippen molar-refractivity contribution >= 4 is 11.3 Å². The van der Waals surface area contributed by atoms with E-state index in [4.69, 9.17) is 10.3 Å². The van der Waals surface area contributed by atoms with Gasteiger partial charge in [0.15, 0.2) is 5.76 Å². The molecule has 0 radical (unpaired) electrons. The van der Waals surface area contributed by atoms with E-state index in [-0.39, 0.29) is 0 Å². The lowest BCUT2D eigenvalue weighted by Gasteiger charge is -1.88. The summed E-state index contributed by atoms with van der Waals surface area (Å²) in [5.74, 6) is 0.701. The highest BCUT2D eigenvalue weighted by molar-refractivity contribution is 7.11. The van der Waals surface area contributed by atoms with Crippen LogP contribution in [0.1, 0.15) is 15.6 Å². The summed E-state index contributed by atoms with van der Waals surface area (Å²) in [5, 5.41) is 4.86. The second-order valence-corrected chi connectivity index (χ2v) is 4.43. The second-order valence-electron chi connectivity index (χ2n) is 3.02. The van der Waals surface area contributed by atoms with Crippen LogP contribution >= 0.6 is 11.3 Å². The predicted octanol–water partition coefficient (Wildman–Crippen LogP) is 1.87. The van der Waals surface area contributed by atoms with Crippen LogP contribution in [0.15, 0.2) is 10.6 Å². The van der Waals surface area contributed by atoms with Crippen LogP contribution in [0, 0.1) is 13.8 Å². The Balaban J connectivity index is 2.43. The molecule has 0 fully saturated rings. The third-order valence-electron chi connectivity index (χ3n) is 1.91. The second kappa shape index (κ2) is 3.51. The summed E-state index contributed by atoms with van der Waals surface area (Å²) in [6.45, 7) is 4.39. The summed E-state index contributed by atoms with van der Waals surface area (Å²) >= 11 is 1.65. The van der Waals surface area contributed by atoms with Gasteiger partial charge in [0.25, 0.3) is 0 Å². The van der Waals surface area contributed by atoms with E-state index in [1.165, 1.54) is 0 Å². The Morgan fingerprint density at radius 3 is 2.79 bits per heavy atom. The van der Waals surface area contributed by atoms with Crippen molar-refractivity contribution in [3.63, 3.8) is 0 Å². The molecule has 2 aromatic rings. The minimum atomic E-state index is 0.395. The Morgan fingerprint density at radius 1 is 1.50 bits per heavy atom. The van der Waals surface area contributed by atoms with Crippen molar-refractivity contribution in [2.24, 2.45) is 5.73 Å². The molecule has 0 amide bonds. The zero-order valence-electron chi connectivity index (χ0n) is 8.07. The van der Waals surface area contributed by atoms with Gasteiger partial charge in [-0.25, -0.2) is 4.98 Å². The first-order valence-corrected chi connectivity index (χ1v) is 5.12. The molecule has 2 N–H and O–H groups in total. The smallest absolute Gasteiger partial charge is 0.186 e. The number of rotatable bonds is 2. The normalized spacial score (nSPS) is 10.8. The molecule has 2 rings (SSSR count). The minimum absolute atomic E-state index is 0.395. The zero-order valence-corrected chi connectivity index (χ0v) is 8.89. The summed E-state index contributed by atoms with van der Waals surface area (Å²) in [7, 11) is 0. The van der Waals surface area contributed by atoms with Crippen LogP contribution in [0.5, 0.6) is 0 Å². The van der Waals surface area contributed by atoms with Crippen LogP contribution in [-0.4, -0.2) is 10.1 Å². The molecule has 0 spiro atoms. The fraction of sp³-hybridized carbons (Fsp3) is 0.333. The van der Waals surface area contributed by atoms with Crippen LogP contribution in [-0.2, 0) is 6.54 Å². The van der Waals surface area contributed by atoms with Gasteiger partial charge in [-0.15, -0.1) is 11.3 Å². The minimum Gasteiger partial charge on any atom is -0.354 e. The molecular weight excluding hydrogens is 198 g/mol. The Bertz CT molecular complexity index is 447. The summed E-state index contributed by atoms with van der Waals surface area (Å²) in [4.78, 5) is 5.51. The largest absolute Gasteiger partial charge is 0.354 e. The Hall–Kier alpha value is -1.20. The molecule has 0 aliphatic carbocycles. The predicted molar refractivity (Wildman–Crippen MR) is 55.0 cm³/mol. The molecule has 5 heteroatoms. The summed E-state index contributed by atoms with van der Waals surface area (Å²) < 4.78 is 5.15. The number of hydrogen-bond donors (Lipinski definition) is 1. The fourth-order valence-electron chi connectivity index (χ4n) is 1.28.